The summed E-state index contributed by atoms with van der Waals surface area (Å²) in [6, 6.07) is -0.624. The molecule has 53 heavy (non-hydrogen) atoms. The zero-order valence-corrected chi connectivity index (χ0v) is 35.3. The van der Waals surface area contributed by atoms with Crippen molar-refractivity contribution in [2.75, 3.05) is 6.61 Å². The van der Waals surface area contributed by atoms with Crippen LogP contribution in [-0.2, 0) is 4.79 Å². The first-order valence-electron chi connectivity index (χ1n) is 23.0. The van der Waals surface area contributed by atoms with Gasteiger partial charge in [-0.05, 0) is 57.8 Å². The smallest absolute Gasteiger partial charge is 0.220 e. The molecule has 308 valence electrons. The van der Waals surface area contributed by atoms with E-state index in [2.05, 4.69) is 67.8 Å². The number of aliphatic hydroxyl groups excluding tert-OH is 2. The Balaban J connectivity index is 3.56. The average Bonchev–Trinajstić information content (AvgIpc) is 3.16. The van der Waals surface area contributed by atoms with E-state index < -0.39 is 12.1 Å². The quantitative estimate of drug-likeness (QED) is 0.0432. The van der Waals surface area contributed by atoms with E-state index in [1.165, 1.54) is 154 Å². The number of aliphatic hydroxyl groups is 2. The lowest BCUT2D eigenvalue weighted by molar-refractivity contribution is -0.123. The van der Waals surface area contributed by atoms with Gasteiger partial charge in [-0.1, -0.05) is 222 Å². The van der Waals surface area contributed by atoms with E-state index in [1.807, 2.05) is 6.08 Å². The third-order valence-electron chi connectivity index (χ3n) is 10.3. The highest BCUT2D eigenvalue weighted by molar-refractivity contribution is 5.76. The van der Waals surface area contributed by atoms with Crippen LogP contribution in [0.15, 0.2) is 60.8 Å². The monoisotopic (exact) mass is 740 g/mol. The third-order valence-corrected chi connectivity index (χ3v) is 10.3. The van der Waals surface area contributed by atoms with Crippen LogP contribution in [0.1, 0.15) is 226 Å². The molecule has 0 radical (unpaired) electrons. The van der Waals surface area contributed by atoms with E-state index in [0.717, 1.165) is 51.4 Å². The summed E-state index contributed by atoms with van der Waals surface area (Å²) in [6.45, 7) is 4.20. The van der Waals surface area contributed by atoms with Gasteiger partial charge in [0.15, 0.2) is 0 Å². The van der Waals surface area contributed by atoms with Crippen molar-refractivity contribution in [1.29, 1.82) is 0 Å². The maximum Gasteiger partial charge on any atom is 0.220 e. The Morgan fingerprint density at radius 2 is 0.830 bits per heavy atom. The Morgan fingerprint density at radius 3 is 1.25 bits per heavy atom. The SMILES string of the molecule is CC/C=C\C/C=C\C/C=C\C/C=C\CCCCCCCCCCCCCCC(=O)NC(CO)C(O)/C=C/CCCCCCCCCCCCCCCC. The fourth-order valence-corrected chi connectivity index (χ4v) is 6.76. The van der Waals surface area contributed by atoms with Crippen LogP contribution in [0.25, 0.3) is 0 Å². The Kier molecular flexibility index (Phi) is 42.9. The van der Waals surface area contributed by atoms with Gasteiger partial charge in [-0.25, -0.2) is 0 Å². The summed E-state index contributed by atoms with van der Waals surface area (Å²) in [5, 5.41) is 23.0. The van der Waals surface area contributed by atoms with E-state index >= 15 is 0 Å². The first kappa shape index (κ1) is 51.1. The van der Waals surface area contributed by atoms with Crippen molar-refractivity contribution in [3.8, 4) is 0 Å². The number of amides is 1. The van der Waals surface area contributed by atoms with Crippen LogP contribution < -0.4 is 5.32 Å². The summed E-state index contributed by atoms with van der Waals surface area (Å²) in [5.74, 6) is -0.0677. The lowest BCUT2D eigenvalue weighted by Gasteiger charge is -2.20. The van der Waals surface area contributed by atoms with Crippen molar-refractivity contribution in [3.05, 3.63) is 60.8 Å². The van der Waals surface area contributed by atoms with Crippen molar-refractivity contribution >= 4 is 5.91 Å². The molecule has 0 saturated heterocycles. The van der Waals surface area contributed by atoms with Gasteiger partial charge >= 0.3 is 0 Å². The van der Waals surface area contributed by atoms with Crippen LogP contribution in [0.3, 0.4) is 0 Å². The molecule has 2 unspecified atom stereocenters. The zero-order valence-electron chi connectivity index (χ0n) is 35.3. The molecule has 0 aliphatic heterocycles. The first-order chi connectivity index (χ1) is 26.2. The fourth-order valence-electron chi connectivity index (χ4n) is 6.76. The number of carbonyl (C=O) groups excluding carboxylic acids is 1. The number of hydrogen-bond acceptors (Lipinski definition) is 3. The summed E-state index contributed by atoms with van der Waals surface area (Å²) < 4.78 is 0. The summed E-state index contributed by atoms with van der Waals surface area (Å²) in [5.41, 5.74) is 0. The molecule has 4 nitrogen and oxygen atoms in total. The fraction of sp³-hybridized carbons (Fsp3) is 0.776. The maximum atomic E-state index is 12.4. The van der Waals surface area contributed by atoms with E-state index in [9.17, 15) is 15.0 Å². The molecule has 0 bridgehead atoms. The molecule has 0 fully saturated rings. The van der Waals surface area contributed by atoms with E-state index in [1.54, 1.807) is 6.08 Å². The molecule has 2 atom stereocenters. The van der Waals surface area contributed by atoms with Crippen LogP contribution in [0.4, 0.5) is 0 Å². The summed E-state index contributed by atoms with van der Waals surface area (Å²) in [7, 11) is 0. The number of allylic oxidation sites excluding steroid dienone is 9. The van der Waals surface area contributed by atoms with Crippen LogP contribution in [0.2, 0.25) is 0 Å². The minimum absolute atomic E-state index is 0.0677. The highest BCUT2D eigenvalue weighted by atomic mass is 16.3. The van der Waals surface area contributed by atoms with Crippen LogP contribution in [-0.4, -0.2) is 34.9 Å². The summed E-state index contributed by atoms with van der Waals surface area (Å²) in [4.78, 5) is 12.4. The molecular formula is C49H89NO3. The third kappa shape index (κ3) is 41.1. The molecule has 0 spiro atoms. The molecular weight excluding hydrogens is 651 g/mol. The number of rotatable bonds is 41. The van der Waals surface area contributed by atoms with Crippen molar-refractivity contribution < 1.29 is 15.0 Å². The second kappa shape index (κ2) is 44.5. The number of nitrogens with one attached hydrogen (secondary N) is 1. The predicted molar refractivity (Wildman–Crippen MR) is 234 cm³/mol. The highest BCUT2D eigenvalue weighted by Crippen LogP contribution is 2.15. The van der Waals surface area contributed by atoms with Gasteiger partial charge < -0.3 is 15.5 Å². The van der Waals surface area contributed by atoms with Gasteiger partial charge in [0.1, 0.15) is 0 Å². The summed E-state index contributed by atoms with van der Waals surface area (Å²) >= 11 is 0. The van der Waals surface area contributed by atoms with Crippen molar-refractivity contribution in [1.82, 2.24) is 5.32 Å². The molecule has 0 aromatic heterocycles. The van der Waals surface area contributed by atoms with Crippen molar-refractivity contribution in [2.24, 2.45) is 0 Å². The Morgan fingerprint density at radius 1 is 0.472 bits per heavy atom. The average molecular weight is 740 g/mol. The van der Waals surface area contributed by atoms with Crippen molar-refractivity contribution in [2.45, 2.75) is 238 Å². The molecule has 0 aliphatic carbocycles. The minimum atomic E-state index is -0.841. The molecule has 0 aromatic rings. The number of hydrogen-bond donors (Lipinski definition) is 3. The zero-order chi connectivity index (χ0) is 38.6. The highest BCUT2D eigenvalue weighted by Gasteiger charge is 2.17. The van der Waals surface area contributed by atoms with Gasteiger partial charge in [-0.15, -0.1) is 0 Å². The Bertz CT molecular complexity index is 888. The molecule has 0 aromatic carbocycles. The summed E-state index contributed by atoms with van der Waals surface area (Å²) in [6.07, 6.45) is 61.9. The van der Waals surface area contributed by atoms with Gasteiger partial charge in [-0.2, -0.15) is 0 Å². The standard InChI is InChI=1S/C49H89NO3/c1-3-5-7-9-11-13-15-17-19-21-22-23-24-25-26-27-28-29-31-33-35-37-39-41-43-45-49(53)50-47(46-51)48(52)44-42-40-38-36-34-32-30-20-18-16-14-12-10-8-6-4-2/h5,7,11,13,17,19,22-23,42,44,47-48,51-52H,3-4,6,8-10,12,14-16,18,20-21,24-41,43,45-46H2,1-2H3,(H,50,53)/b7-5-,13-11-,19-17-,23-22-,44-42+. The molecule has 0 aliphatic rings. The Hall–Kier alpha value is -1.91. The predicted octanol–water partition coefficient (Wildman–Crippen LogP) is 14.5. The van der Waals surface area contributed by atoms with Gasteiger partial charge in [0.25, 0.3) is 0 Å². The largest absolute Gasteiger partial charge is 0.394 e. The van der Waals surface area contributed by atoms with E-state index in [4.69, 9.17) is 0 Å². The minimum Gasteiger partial charge on any atom is -0.394 e. The lowest BCUT2D eigenvalue weighted by Crippen LogP contribution is -2.45. The van der Waals surface area contributed by atoms with Crippen LogP contribution in [0.5, 0.6) is 0 Å². The molecule has 1 amide bonds. The van der Waals surface area contributed by atoms with Crippen LogP contribution in [0, 0.1) is 0 Å². The number of carbonyl (C=O) groups is 1. The van der Waals surface area contributed by atoms with Crippen LogP contribution >= 0.6 is 0 Å². The number of unbranched alkanes of at least 4 members (excludes halogenated alkanes) is 26. The molecule has 0 heterocycles. The maximum absolute atomic E-state index is 12.4. The normalized spacial score (nSPS) is 13.5. The molecule has 3 N–H and O–H groups in total. The van der Waals surface area contributed by atoms with Gasteiger partial charge in [-0.3, -0.25) is 4.79 Å². The molecule has 0 saturated carbocycles. The van der Waals surface area contributed by atoms with Gasteiger partial charge in [0, 0.05) is 6.42 Å². The topological polar surface area (TPSA) is 69.6 Å². The van der Waals surface area contributed by atoms with E-state index in [-0.39, 0.29) is 12.5 Å². The second-order valence-electron chi connectivity index (χ2n) is 15.4. The second-order valence-corrected chi connectivity index (χ2v) is 15.4. The Labute approximate surface area is 330 Å². The lowest BCUT2D eigenvalue weighted by atomic mass is 10.0. The first-order valence-corrected chi connectivity index (χ1v) is 23.0. The van der Waals surface area contributed by atoms with Crippen molar-refractivity contribution in [3.63, 3.8) is 0 Å². The van der Waals surface area contributed by atoms with E-state index in [0.29, 0.717) is 6.42 Å². The van der Waals surface area contributed by atoms with Gasteiger partial charge in [0.2, 0.25) is 5.91 Å². The molecule has 4 heteroatoms. The van der Waals surface area contributed by atoms with Gasteiger partial charge in [0.05, 0.1) is 18.8 Å². The molecule has 0 rings (SSSR count).